The van der Waals surface area contributed by atoms with Gasteiger partial charge in [-0.3, -0.25) is 0 Å². The number of carbonyl (C=O) groups excluding carboxylic acids is 1. The Morgan fingerprint density at radius 1 is 1.39 bits per heavy atom. The maximum Gasteiger partial charge on any atom is 0.343 e. The second-order valence-corrected chi connectivity index (χ2v) is 4.66. The highest BCUT2D eigenvalue weighted by Gasteiger charge is 2.27. The zero-order valence-electron chi connectivity index (χ0n) is 10.8. The van der Waals surface area contributed by atoms with Crippen molar-refractivity contribution in [3.8, 4) is 5.75 Å². The number of rotatable bonds is 6. The van der Waals surface area contributed by atoms with E-state index in [1.165, 1.54) is 20.0 Å². The van der Waals surface area contributed by atoms with Crippen LogP contribution >= 0.6 is 0 Å². The Labute approximate surface area is 107 Å². The Balaban J connectivity index is 1.82. The van der Waals surface area contributed by atoms with Crippen LogP contribution in [0.5, 0.6) is 5.75 Å². The molecule has 1 atom stereocenters. The van der Waals surface area contributed by atoms with E-state index < -0.39 is 0 Å². The van der Waals surface area contributed by atoms with Gasteiger partial charge < -0.3 is 14.8 Å². The summed E-state index contributed by atoms with van der Waals surface area (Å²) in [5, 5.41) is 3.46. The summed E-state index contributed by atoms with van der Waals surface area (Å²) in [5.41, 5.74) is 1.08. The van der Waals surface area contributed by atoms with Crippen molar-refractivity contribution in [3.05, 3.63) is 24.3 Å². The molecule has 1 aromatic rings. The van der Waals surface area contributed by atoms with Gasteiger partial charge >= 0.3 is 5.97 Å². The van der Waals surface area contributed by atoms with Gasteiger partial charge in [0.05, 0.1) is 7.11 Å². The second kappa shape index (κ2) is 5.76. The molecule has 2 rings (SSSR count). The molecule has 0 aromatic heterocycles. The predicted molar refractivity (Wildman–Crippen MR) is 69.8 cm³/mol. The number of carbonyl (C=O) groups is 1. The maximum atomic E-state index is 10.9. The van der Waals surface area contributed by atoms with Crippen LogP contribution in [0.15, 0.2) is 24.3 Å². The molecule has 0 spiro atoms. The van der Waals surface area contributed by atoms with Crippen LogP contribution in [0.1, 0.15) is 19.8 Å². The topological polar surface area (TPSA) is 47.6 Å². The van der Waals surface area contributed by atoms with Crippen LogP contribution in [0.25, 0.3) is 0 Å². The zero-order chi connectivity index (χ0) is 13.0. The SMILES string of the molecule is COC(=O)COc1ccc(NC(C)C2CC2)cc1. The van der Waals surface area contributed by atoms with Gasteiger partial charge in [-0.05, 0) is 49.9 Å². The number of ether oxygens (including phenoxy) is 2. The summed E-state index contributed by atoms with van der Waals surface area (Å²) in [7, 11) is 1.35. The van der Waals surface area contributed by atoms with Crippen molar-refractivity contribution in [3.63, 3.8) is 0 Å². The minimum absolute atomic E-state index is 0.0538. The lowest BCUT2D eigenvalue weighted by molar-refractivity contribution is -0.142. The Morgan fingerprint density at radius 3 is 2.61 bits per heavy atom. The van der Waals surface area contributed by atoms with Gasteiger partial charge in [0.2, 0.25) is 0 Å². The van der Waals surface area contributed by atoms with E-state index in [1.54, 1.807) is 0 Å². The highest BCUT2D eigenvalue weighted by Crippen LogP contribution is 2.34. The minimum atomic E-state index is -0.375. The number of benzene rings is 1. The van der Waals surface area contributed by atoms with Gasteiger partial charge in [0, 0.05) is 11.7 Å². The number of methoxy groups -OCH3 is 1. The fourth-order valence-electron chi connectivity index (χ4n) is 1.83. The fraction of sp³-hybridized carbons (Fsp3) is 0.500. The molecular weight excluding hydrogens is 230 g/mol. The molecule has 4 heteroatoms. The summed E-state index contributed by atoms with van der Waals surface area (Å²) in [6.45, 7) is 2.15. The van der Waals surface area contributed by atoms with Crippen LogP contribution in [0.4, 0.5) is 5.69 Å². The van der Waals surface area contributed by atoms with Gasteiger partial charge in [0.1, 0.15) is 5.75 Å². The van der Waals surface area contributed by atoms with E-state index >= 15 is 0 Å². The lowest BCUT2D eigenvalue weighted by atomic mass is 10.2. The van der Waals surface area contributed by atoms with Crippen LogP contribution in [0.3, 0.4) is 0 Å². The summed E-state index contributed by atoms with van der Waals surface area (Å²) in [6.07, 6.45) is 2.66. The third kappa shape index (κ3) is 3.65. The van der Waals surface area contributed by atoms with Gasteiger partial charge in [-0.2, -0.15) is 0 Å². The fourth-order valence-corrected chi connectivity index (χ4v) is 1.83. The first kappa shape index (κ1) is 12.7. The van der Waals surface area contributed by atoms with E-state index in [9.17, 15) is 4.79 Å². The summed E-state index contributed by atoms with van der Waals surface area (Å²) < 4.78 is 9.78. The second-order valence-electron chi connectivity index (χ2n) is 4.66. The highest BCUT2D eigenvalue weighted by atomic mass is 16.6. The van der Waals surface area contributed by atoms with Gasteiger partial charge in [0.15, 0.2) is 6.61 Å². The maximum absolute atomic E-state index is 10.9. The third-order valence-electron chi connectivity index (χ3n) is 3.16. The molecule has 1 aromatic carbocycles. The molecule has 0 heterocycles. The molecule has 1 unspecified atom stereocenters. The molecule has 0 bridgehead atoms. The lowest BCUT2D eigenvalue weighted by Crippen LogP contribution is -2.17. The molecule has 4 nitrogen and oxygen atoms in total. The van der Waals surface area contributed by atoms with Crippen LogP contribution < -0.4 is 10.1 Å². The van der Waals surface area contributed by atoms with Crippen LogP contribution in [-0.2, 0) is 9.53 Å². The Bertz CT molecular complexity index is 398. The molecule has 1 aliphatic carbocycles. The number of anilines is 1. The van der Waals surface area contributed by atoms with Crippen molar-refractivity contribution in [2.24, 2.45) is 5.92 Å². The predicted octanol–water partition coefficient (Wildman–Crippen LogP) is 2.45. The normalized spacial score (nSPS) is 15.9. The molecular formula is C14H19NO3. The summed E-state index contributed by atoms with van der Waals surface area (Å²) in [6, 6.07) is 8.15. The minimum Gasteiger partial charge on any atom is -0.482 e. The van der Waals surface area contributed by atoms with E-state index in [1.807, 2.05) is 24.3 Å². The van der Waals surface area contributed by atoms with Crippen molar-refractivity contribution in [1.29, 1.82) is 0 Å². The Hall–Kier alpha value is -1.71. The Morgan fingerprint density at radius 2 is 2.06 bits per heavy atom. The first-order valence-corrected chi connectivity index (χ1v) is 6.25. The molecule has 18 heavy (non-hydrogen) atoms. The Kier molecular flexibility index (Phi) is 4.07. The van der Waals surface area contributed by atoms with Crippen molar-refractivity contribution >= 4 is 11.7 Å². The van der Waals surface area contributed by atoms with Crippen LogP contribution in [0, 0.1) is 5.92 Å². The first-order chi connectivity index (χ1) is 8.69. The van der Waals surface area contributed by atoms with Crippen molar-refractivity contribution in [2.45, 2.75) is 25.8 Å². The molecule has 0 aliphatic heterocycles. The van der Waals surface area contributed by atoms with Crippen molar-refractivity contribution in [1.82, 2.24) is 0 Å². The highest BCUT2D eigenvalue weighted by molar-refractivity contribution is 5.70. The van der Waals surface area contributed by atoms with Crippen molar-refractivity contribution in [2.75, 3.05) is 19.0 Å². The zero-order valence-corrected chi connectivity index (χ0v) is 10.8. The monoisotopic (exact) mass is 249 g/mol. The van der Waals surface area contributed by atoms with E-state index in [-0.39, 0.29) is 12.6 Å². The average molecular weight is 249 g/mol. The van der Waals surface area contributed by atoms with E-state index in [2.05, 4.69) is 17.0 Å². The van der Waals surface area contributed by atoms with Gasteiger partial charge in [-0.15, -0.1) is 0 Å². The number of hydrogen-bond donors (Lipinski definition) is 1. The van der Waals surface area contributed by atoms with Gasteiger partial charge in [-0.25, -0.2) is 4.79 Å². The standard InChI is InChI=1S/C14H19NO3/c1-10(11-3-4-11)15-12-5-7-13(8-6-12)18-9-14(16)17-2/h5-8,10-11,15H,3-4,9H2,1-2H3. The average Bonchev–Trinajstić information content (AvgIpc) is 3.21. The van der Waals surface area contributed by atoms with E-state index in [0.717, 1.165) is 11.6 Å². The summed E-state index contributed by atoms with van der Waals surface area (Å²) in [5.74, 6) is 1.12. The molecule has 1 N–H and O–H groups in total. The molecule has 0 saturated heterocycles. The van der Waals surface area contributed by atoms with E-state index in [4.69, 9.17) is 4.74 Å². The molecule has 1 fully saturated rings. The number of esters is 1. The molecule has 1 saturated carbocycles. The molecule has 1 aliphatic rings. The molecule has 0 amide bonds. The van der Waals surface area contributed by atoms with E-state index in [0.29, 0.717) is 11.8 Å². The quantitative estimate of drug-likeness (QED) is 0.787. The summed E-state index contributed by atoms with van der Waals surface area (Å²) >= 11 is 0. The van der Waals surface area contributed by atoms with Gasteiger partial charge in [-0.1, -0.05) is 0 Å². The van der Waals surface area contributed by atoms with Crippen molar-refractivity contribution < 1.29 is 14.3 Å². The number of hydrogen-bond acceptors (Lipinski definition) is 4. The molecule has 0 radical (unpaired) electrons. The van der Waals surface area contributed by atoms with Crippen LogP contribution in [-0.4, -0.2) is 25.7 Å². The molecule has 98 valence electrons. The van der Waals surface area contributed by atoms with Crippen LogP contribution in [0.2, 0.25) is 0 Å². The first-order valence-electron chi connectivity index (χ1n) is 6.25. The van der Waals surface area contributed by atoms with Gasteiger partial charge in [0.25, 0.3) is 0 Å². The smallest absolute Gasteiger partial charge is 0.343 e. The number of nitrogens with one attached hydrogen (secondary N) is 1. The largest absolute Gasteiger partial charge is 0.482 e. The third-order valence-corrected chi connectivity index (χ3v) is 3.16. The lowest BCUT2D eigenvalue weighted by Gasteiger charge is -2.14. The summed E-state index contributed by atoms with van der Waals surface area (Å²) in [4.78, 5) is 10.9.